The Balaban J connectivity index is 1.97. The van der Waals surface area contributed by atoms with Gasteiger partial charge in [-0.05, 0) is 56.3 Å². The molecule has 3 N–H and O–H groups in total. The van der Waals surface area contributed by atoms with Crippen molar-refractivity contribution in [1.29, 1.82) is 0 Å². The molecular weight excluding hydrogens is 470 g/mol. The first kappa shape index (κ1) is 30.9. The molecule has 1 fully saturated rings. The van der Waals surface area contributed by atoms with E-state index in [1.807, 2.05) is 18.2 Å². The van der Waals surface area contributed by atoms with Crippen LogP contribution in [0.5, 0.6) is 11.5 Å². The fourth-order valence-electron chi connectivity index (χ4n) is 4.87. The number of carbonyl (C=O) groups is 2. The minimum Gasteiger partial charge on any atom is -0.493 e. The van der Waals surface area contributed by atoms with Crippen LogP contribution in [0.15, 0.2) is 18.2 Å². The predicted molar refractivity (Wildman–Crippen MR) is 147 cm³/mol. The lowest BCUT2D eigenvalue weighted by atomic mass is 9.92. The van der Waals surface area contributed by atoms with Crippen molar-refractivity contribution in [2.24, 2.45) is 5.92 Å². The third kappa shape index (κ3) is 10.5. The smallest absolute Gasteiger partial charge is 0.242 e. The number of hydrogen-bond donors (Lipinski definition) is 3. The van der Waals surface area contributed by atoms with Gasteiger partial charge in [0.25, 0.3) is 0 Å². The molecule has 0 aromatic heterocycles. The first-order chi connectivity index (χ1) is 17.8. The Morgan fingerprint density at radius 3 is 2.43 bits per heavy atom. The van der Waals surface area contributed by atoms with Crippen LogP contribution in [0.25, 0.3) is 0 Å². The summed E-state index contributed by atoms with van der Waals surface area (Å²) in [5.74, 6) is 1.55. The number of nitrogens with zero attached hydrogens (tertiary/aromatic N) is 1. The topological polar surface area (TPSA) is 100 Å². The molecule has 1 heterocycles. The fraction of sp³-hybridized carbons (Fsp3) is 0.724. The van der Waals surface area contributed by atoms with Gasteiger partial charge < -0.3 is 30.1 Å². The number of hydrogen-bond acceptors (Lipinski definition) is 6. The zero-order chi connectivity index (χ0) is 27.2. The maximum atomic E-state index is 13.1. The molecule has 2 amide bonds. The second-order valence-corrected chi connectivity index (χ2v) is 10.5. The lowest BCUT2D eigenvalue weighted by Crippen LogP contribution is -2.54. The molecule has 0 bridgehead atoms. The second kappa shape index (κ2) is 16.5. The van der Waals surface area contributed by atoms with Gasteiger partial charge in [0, 0.05) is 20.0 Å². The van der Waals surface area contributed by atoms with Crippen LogP contribution < -0.4 is 20.1 Å². The summed E-state index contributed by atoms with van der Waals surface area (Å²) >= 11 is 0. The third-order valence-corrected chi connectivity index (χ3v) is 7.53. The highest BCUT2D eigenvalue weighted by atomic mass is 16.5. The van der Waals surface area contributed by atoms with E-state index in [9.17, 15) is 14.7 Å². The monoisotopic (exact) mass is 519 g/mol. The van der Waals surface area contributed by atoms with Gasteiger partial charge in [0.1, 0.15) is 6.04 Å². The molecule has 0 spiro atoms. The van der Waals surface area contributed by atoms with Crippen LogP contribution in [0.1, 0.15) is 77.2 Å². The van der Waals surface area contributed by atoms with Crippen LogP contribution in [0.3, 0.4) is 0 Å². The molecule has 8 heteroatoms. The van der Waals surface area contributed by atoms with Gasteiger partial charge in [-0.3, -0.25) is 9.59 Å². The molecule has 1 aromatic rings. The van der Waals surface area contributed by atoms with Gasteiger partial charge in [-0.2, -0.15) is 0 Å². The second-order valence-electron chi connectivity index (χ2n) is 10.5. The lowest BCUT2D eigenvalue weighted by Gasteiger charge is -2.31. The Kier molecular flexibility index (Phi) is 13.8. The molecular formula is C29H49N3O5. The van der Waals surface area contributed by atoms with E-state index in [2.05, 4.69) is 17.6 Å². The van der Waals surface area contributed by atoms with E-state index < -0.39 is 12.1 Å². The first-order valence-corrected chi connectivity index (χ1v) is 13.9. The number of rotatable bonds is 8. The summed E-state index contributed by atoms with van der Waals surface area (Å²) in [6.45, 7) is 4.99. The molecule has 37 heavy (non-hydrogen) atoms. The van der Waals surface area contributed by atoms with Crippen LogP contribution in [-0.2, 0) is 16.0 Å². The first-order valence-electron chi connectivity index (χ1n) is 13.9. The Bertz CT molecular complexity index is 834. The zero-order valence-corrected chi connectivity index (χ0v) is 23.6. The number of benzene rings is 1. The summed E-state index contributed by atoms with van der Waals surface area (Å²) in [4.78, 5) is 27.2. The fourth-order valence-corrected chi connectivity index (χ4v) is 4.87. The number of aliphatic hydroxyl groups excluding tert-OH is 1. The number of ether oxygens (including phenoxy) is 2. The average Bonchev–Trinajstić information content (AvgIpc) is 2.90. The Morgan fingerprint density at radius 1 is 1.05 bits per heavy atom. The summed E-state index contributed by atoms with van der Waals surface area (Å²) in [5.41, 5.74) is 1.10. The minimum absolute atomic E-state index is 0.00274. The number of carbonyl (C=O) groups excluding carboxylic acids is 2. The minimum atomic E-state index is -0.733. The van der Waals surface area contributed by atoms with Gasteiger partial charge in [-0.1, -0.05) is 51.5 Å². The normalized spacial score (nSPS) is 23.8. The van der Waals surface area contributed by atoms with Crippen molar-refractivity contribution in [1.82, 2.24) is 15.5 Å². The third-order valence-electron chi connectivity index (χ3n) is 7.53. The van der Waals surface area contributed by atoms with Crippen molar-refractivity contribution in [2.45, 2.75) is 96.2 Å². The molecule has 2 rings (SSSR count). The number of amides is 2. The van der Waals surface area contributed by atoms with Crippen LogP contribution in [0.4, 0.5) is 0 Å². The van der Waals surface area contributed by atoms with Crippen molar-refractivity contribution < 1.29 is 24.2 Å². The van der Waals surface area contributed by atoms with E-state index in [0.29, 0.717) is 43.3 Å². The molecule has 1 aromatic carbocycles. The number of likely N-dealkylation sites (N-methyl/N-ethyl adjacent to an activating group) is 1. The maximum Gasteiger partial charge on any atom is 0.242 e. The summed E-state index contributed by atoms with van der Waals surface area (Å²) in [7, 11) is 4.93. The summed E-state index contributed by atoms with van der Waals surface area (Å²) in [6, 6.07) is 4.89. The summed E-state index contributed by atoms with van der Waals surface area (Å²) in [5, 5.41) is 17.5. The van der Waals surface area contributed by atoms with Crippen molar-refractivity contribution in [2.75, 3.05) is 34.4 Å². The maximum absolute atomic E-state index is 13.1. The number of nitrogens with one attached hydrogen (secondary N) is 2. The van der Waals surface area contributed by atoms with Crippen molar-refractivity contribution in [3.63, 3.8) is 0 Å². The Hall–Kier alpha value is -2.32. The quantitative estimate of drug-likeness (QED) is 0.453. The van der Waals surface area contributed by atoms with E-state index in [1.54, 1.807) is 28.2 Å². The van der Waals surface area contributed by atoms with E-state index in [0.717, 1.165) is 44.1 Å². The number of aliphatic hydroxyl groups is 1. The van der Waals surface area contributed by atoms with Gasteiger partial charge in [-0.25, -0.2) is 0 Å². The highest BCUT2D eigenvalue weighted by Crippen LogP contribution is 2.27. The molecule has 210 valence electrons. The molecule has 4 atom stereocenters. The molecule has 0 saturated carbocycles. The molecule has 8 nitrogen and oxygen atoms in total. The van der Waals surface area contributed by atoms with Crippen LogP contribution in [-0.4, -0.2) is 74.4 Å². The standard InChI is InChI=1S/C29H49N3O5/c1-21-12-10-8-6-7-9-11-13-28(34)32(3)22(2)29(35)31-24(18-21)25(33)20-30-17-16-23-14-15-26(36-4)27(19-23)37-5/h14-15,19,21-22,24-25,30,33H,6-13,16-18,20H2,1-5H3,(H,31,35)/t21-,22+,24?,25?/m1/s1. The molecule has 1 saturated heterocycles. The Labute approximate surface area is 223 Å². The zero-order valence-electron chi connectivity index (χ0n) is 23.6. The summed E-state index contributed by atoms with van der Waals surface area (Å²) < 4.78 is 10.7. The van der Waals surface area contributed by atoms with Crippen molar-refractivity contribution in [3.8, 4) is 11.5 Å². The van der Waals surface area contributed by atoms with Gasteiger partial charge >= 0.3 is 0 Å². The van der Waals surface area contributed by atoms with Gasteiger partial charge in [-0.15, -0.1) is 0 Å². The summed E-state index contributed by atoms with van der Waals surface area (Å²) in [6.07, 6.45) is 8.90. The van der Waals surface area contributed by atoms with Gasteiger partial charge in [0.05, 0.1) is 26.4 Å². The molecule has 1 aliphatic heterocycles. The van der Waals surface area contributed by atoms with E-state index in [1.165, 1.54) is 17.7 Å². The molecule has 2 unspecified atom stereocenters. The van der Waals surface area contributed by atoms with E-state index in [-0.39, 0.29) is 17.9 Å². The van der Waals surface area contributed by atoms with Crippen molar-refractivity contribution >= 4 is 11.8 Å². The molecule has 0 radical (unpaired) electrons. The van der Waals surface area contributed by atoms with Gasteiger partial charge in [0.15, 0.2) is 11.5 Å². The molecule has 0 aliphatic carbocycles. The predicted octanol–water partition coefficient (Wildman–Crippen LogP) is 3.69. The van der Waals surface area contributed by atoms with E-state index >= 15 is 0 Å². The van der Waals surface area contributed by atoms with Gasteiger partial charge in [0.2, 0.25) is 11.8 Å². The highest BCUT2D eigenvalue weighted by Gasteiger charge is 2.28. The largest absolute Gasteiger partial charge is 0.493 e. The Morgan fingerprint density at radius 2 is 1.73 bits per heavy atom. The SMILES string of the molecule is COc1ccc(CCNCC(O)C2C[C@H](C)CCCCCCCCC(=O)N(C)[C@@H](C)C(=O)N2)cc1OC. The molecule has 1 aliphatic rings. The number of methoxy groups -OCH3 is 2. The highest BCUT2D eigenvalue weighted by molar-refractivity contribution is 5.87. The van der Waals surface area contributed by atoms with Crippen LogP contribution in [0.2, 0.25) is 0 Å². The van der Waals surface area contributed by atoms with E-state index in [4.69, 9.17) is 9.47 Å². The van der Waals surface area contributed by atoms with Crippen LogP contribution >= 0.6 is 0 Å². The van der Waals surface area contributed by atoms with Crippen molar-refractivity contribution in [3.05, 3.63) is 23.8 Å². The average molecular weight is 520 g/mol. The van der Waals surface area contributed by atoms with Crippen LogP contribution in [0, 0.1) is 5.92 Å². The lowest BCUT2D eigenvalue weighted by molar-refractivity contribution is -0.139.